The first-order valence-electron chi connectivity index (χ1n) is 9.20. The number of likely N-dealkylation sites (tertiary alicyclic amines) is 1. The van der Waals surface area contributed by atoms with Crippen molar-refractivity contribution in [3.8, 4) is 0 Å². The van der Waals surface area contributed by atoms with Gasteiger partial charge in [-0.1, -0.05) is 41.9 Å². The van der Waals surface area contributed by atoms with Gasteiger partial charge in [0.1, 0.15) is 0 Å². The van der Waals surface area contributed by atoms with Crippen LogP contribution in [-0.4, -0.2) is 29.9 Å². The van der Waals surface area contributed by atoms with E-state index >= 15 is 0 Å². The van der Waals surface area contributed by atoms with E-state index < -0.39 is 0 Å². The number of hydrogen-bond acceptors (Lipinski definition) is 2. The average Bonchev–Trinajstić information content (AvgIpc) is 2.68. The van der Waals surface area contributed by atoms with Gasteiger partial charge in [0.25, 0.3) is 0 Å². The highest BCUT2D eigenvalue weighted by molar-refractivity contribution is 6.30. The first-order valence-corrected chi connectivity index (χ1v) is 9.57. The summed E-state index contributed by atoms with van der Waals surface area (Å²) < 4.78 is 0. The minimum absolute atomic E-state index is 0.0281. The summed E-state index contributed by atoms with van der Waals surface area (Å²) in [6.45, 7) is 3.02. The van der Waals surface area contributed by atoms with Crippen LogP contribution < -0.4 is 10.6 Å². The first kappa shape index (κ1) is 19.2. The molecule has 0 radical (unpaired) electrons. The molecular weight excluding hydrogens is 362 g/mol. The van der Waals surface area contributed by atoms with E-state index in [1.165, 1.54) is 0 Å². The third-order valence-electron chi connectivity index (χ3n) is 4.81. The number of hydrogen-bond donors (Lipinski definition) is 2. The van der Waals surface area contributed by atoms with Crippen LogP contribution in [0.5, 0.6) is 0 Å². The summed E-state index contributed by atoms with van der Waals surface area (Å²) >= 11 is 6.03. The van der Waals surface area contributed by atoms with Crippen LogP contribution in [0, 0.1) is 5.92 Å². The molecule has 5 nitrogen and oxygen atoms in total. The molecule has 3 rings (SSSR count). The second kappa shape index (κ2) is 8.91. The van der Waals surface area contributed by atoms with Gasteiger partial charge in [0.05, 0.1) is 12.0 Å². The number of anilines is 1. The standard InChI is InChI=1S/C21H24ClN3O2/c1-15(16-7-5-9-18(22)13-16)23-20(26)17-8-6-12-25(14-17)21(27)24-19-10-3-2-4-11-19/h2-5,7,9-11,13,15,17H,6,8,12,14H2,1H3,(H,23,26)(H,24,27)/t15-,17-/m0/s1. The van der Waals surface area contributed by atoms with Crippen LogP contribution in [0.3, 0.4) is 0 Å². The van der Waals surface area contributed by atoms with Crippen molar-refractivity contribution >= 4 is 29.2 Å². The van der Waals surface area contributed by atoms with Crippen molar-refractivity contribution in [2.75, 3.05) is 18.4 Å². The number of nitrogens with zero attached hydrogens (tertiary/aromatic N) is 1. The minimum Gasteiger partial charge on any atom is -0.349 e. The van der Waals surface area contributed by atoms with Gasteiger partial charge in [-0.3, -0.25) is 4.79 Å². The van der Waals surface area contributed by atoms with E-state index in [9.17, 15) is 9.59 Å². The molecule has 2 atom stereocenters. The third kappa shape index (κ3) is 5.23. The predicted molar refractivity (Wildman–Crippen MR) is 108 cm³/mol. The molecule has 0 aliphatic carbocycles. The van der Waals surface area contributed by atoms with Crippen LogP contribution in [0.25, 0.3) is 0 Å². The summed E-state index contributed by atoms with van der Waals surface area (Å²) in [7, 11) is 0. The molecule has 0 unspecified atom stereocenters. The molecule has 2 aromatic rings. The molecule has 1 aliphatic heterocycles. The Kier molecular flexibility index (Phi) is 6.35. The first-order chi connectivity index (χ1) is 13.0. The summed E-state index contributed by atoms with van der Waals surface area (Å²) in [4.78, 5) is 26.9. The molecule has 2 aromatic carbocycles. The third-order valence-corrected chi connectivity index (χ3v) is 5.05. The molecule has 3 amide bonds. The van der Waals surface area contributed by atoms with Crippen molar-refractivity contribution in [3.05, 3.63) is 65.2 Å². The zero-order valence-electron chi connectivity index (χ0n) is 15.3. The number of urea groups is 1. The second-order valence-electron chi connectivity index (χ2n) is 6.87. The molecule has 2 N–H and O–H groups in total. The van der Waals surface area contributed by atoms with E-state index in [4.69, 9.17) is 11.6 Å². The summed E-state index contributed by atoms with van der Waals surface area (Å²) in [6.07, 6.45) is 1.59. The molecular formula is C21H24ClN3O2. The minimum atomic E-state index is -0.207. The van der Waals surface area contributed by atoms with Gasteiger partial charge in [-0.2, -0.15) is 0 Å². The highest BCUT2D eigenvalue weighted by Gasteiger charge is 2.29. The summed E-state index contributed by atoms with van der Waals surface area (Å²) in [5.41, 5.74) is 1.72. The Morgan fingerprint density at radius 3 is 2.67 bits per heavy atom. The second-order valence-corrected chi connectivity index (χ2v) is 7.30. The van der Waals surface area contributed by atoms with Crippen LogP contribution in [0.4, 0.5) is 10.5 Å². The molecule has 6 heteroatoms. The highest BCUT2D eigenvalue weighted by atomic mass is 35.5. The number of nitrogens with one attached hydrogen (secondary N) is 2. The molecule has 142 valence electrons. The highest BCUT2D eigenvalue weighted by Crippen LogP contribution is 2.21. The molecule has 1 heterocycles. The van der Waals surface area contributed by atoms with E-state index in [2.05, 4.69) is 10.6 Å². The SMILES string of the molecule is C[C@H](NC(=O)[C@H]1CCCN(C(=O)Nc2ccccc2)C1)c1cccc(Cl)c1. The molecule has 0 spiro atoms. The van der Waals surface area contributed by atoms with Gasteiger partial charge < -0.3 is 15.5 Å². The van der Waals surface area contributed by atoms with E-state index in [0.29, 0.717) is 18.1 Å². The quantitative estimate of drug-likeness (QED) is 0.816. The molecule has 27 heavy (non-hydrogen) atoms. The molecule has 0 bridgehead atoms. The van der Waals surface area contributed by atoms with E-state index in [0.717, 1.165) is 24.1 Å². The average molecular weight is 386 g/mol. The number of amides is 3. The van der Waals surface area contributed by atoms with E-state index in [1.54, 1.807) is 4.90 Å². The van der Waals surface area contributed by atoms with E-state index in [1.807, 2.05) is 61.5 Å². The Hall–Kier alpha value is -2.53. The smallest absolute Gasteiger partial charge is 0.321 e. The zero-order valence-corrected chi connectivity index (χ0v) is 16.1. The van der Waals surface area contributed by atoms with Crippen molar-refractivity contribution < 1.29 is 9.59 Å². The van der Waals surface area contributed by atoms with Crippen molar-refractivity contribution in [2.24, 2.45) is 5.92 Å². The number of benzene rings is 2. The molecule has 1 aliphatic rings. The number of carbonyl (C=O) groups is 2. The van der Waals surface area contributed by atoms with Crippen LogP contribution >= 0.6 is 11.6 Å². The predicted octanol–water partition coefficient (Wildman–Crippen LogP) is 4.46. The number of piperidine rings is 1. The van der Waals surface area contributed by atoms with Gasteiger partial charge in [0, 0.05) is 23.8 Å². The Morgan fingerprint density at radius 2 is 1.93 bits per heavy atom. The fourth-order valence-corrected chi connectivity index (χ4v) is 3.49. The van der Waals surface area contributed by atoms with Gasteiger partial charge in [0.15, 0.2) is 0 Å². The molecule has 0 saturated carbocycles. The lowest BCUT2D eigenvalue weighted by Crippen LogP contribution is -2.47. The summed E-state index contributed by atoms with van der Waals surface area (Å²) in [6, 6.07) is 16.5. The number of halogens is 1. The molecule has 0 aromatic heterocycles. The van der Waals surface area contributed by atoms with Crippen molar-refractivity contribution in [2.45, 2.75) is 25.8 Å². The van der Waals surface area contributed by atoms with Gasteiger partial charge in [-0.05, 0) is 49.6 Å². The van der Waals surface area contributed by atoms with Crippen LogP contribution in [0.2, 0.25) is 5.02 Å². The Bertz CT molecular complexity index is 797. The normalized spacial score (nSPS) is 17.9. The fourth-order valence-electron chi connectivity index (χ4n) is 3.29. The van der Waals surface area contributed by atoms with Crippen LogP contribution in [0.15, 0.2) is 54.6 Å². The van der Waals surface area contributed by atoms with Crippen molar-refractivity contribution in [1.29, 1.82) is 0 Å². The van der Waals surface area contributed by atoms with Crippen LogP contribution in [0.1, 0.15) is 31.4 Å². The zero-order chi connectivity index (χ0) is 19.2. The van der Waals surface area contributed by atoms with Gasteiger partial charge >= 0.3 is 6.03 Å². The van der Waals surface area contributed by atoms with Crippen molar-refractivity contribution in [3.63, 3.8) is 0 Å². The number of rotatable bonds is 4. The number of para-hydroxylation sites is 1. The maximum Gasteiger partial charge on any atom is 0.321 e. The summed E-state index contributed by atoms with van der Waals surface area (Å²) in [5, 5.41) is 6.58. The Labute approximate surface area is 164 Å². The van der Waals surface area contributed by atoms with Gasteiger partial charge in [-0.25, -0.2) is 4.79 Å². The fraction of sp³-hybridized carbons (Fsp3) is 0.333. The lowest BCUT2D eigenvalue weighted by Gasteiger charge is -2.32. The molecule has 1 saturated heterocycles. The maximum atomic E-state index is 12.7. The maximum absolute atomic E-state index is 12.7. The Morgan fingerprint density at radius 1 is 1.15 bits per heavy atom. The summed E-state index contributed by atoms with van der Waals surface area (Å²) in [5.74, 6) is -0.235. The van der Waals surface area contributed by atoms with Gasteiger partial charge in [-0.15, -0.1) is 0 Å². The Balaban J connectivity index is 1.56. The topological polar surface area (TPSA) is 61.4 Å². The largest absolute Gasteiger partial charge is 0.349 e. The van der Waals surface area contributed by atoms with Crippen LogP contribution in [-0.2, 0) is 4.79 Å². The van der Waals surface area contributed by atoms with Crippen molar-refractivity contribution in [1.82, 2.24) is 10.2 Å². The van der Waals surface area contributed by atoms with E-state index in [-0.39, 0.29) is 23.9 Å². The lowest BCUT2D eigenvalue weighted by atomic mass is 9.96. The number of carbonyl (C=O) groups excluding carboxylic acids is 2. The van der Waals surface area contributed by atoms with Gasteiger partial charge in [0.2, 0.25) is 5.91 Å². The molecule has 1 fully saturated rings. The monoisotopic (exact) mass is 385 g/mol. The lowest BCUT2D eigenvalue weighted by molar-refractivity contribution is -0.126.